The van der Waals surface area contributed by atoms with Gasteiger partial charge in [0.1, 0.15) is 5.75 Å². The Morgan fingerprint density at radius 1 is 1.28 bits per heavy atom. The van der Waals surface area contributed by atoms with Crippen molar-refractivity contribution in [2.45, 2.75) is 20.3 Å². The number of piperazine rings is 1. The van der Waals surface area contributed by atoms with Gasteiger partial charge in [0.15, 0.2) is 0 Å². The molecule has 1 aliphatic heterocycles. The lowest BCUT2D eigenvalue weighted by Gasteiger charge is -2.36. The van der Waals surface area contributed by atoms with Gasteiger partial charge in [0.25, 0.3) is 0 Å². The van der Waals surface area contributed by atoms with Crippen molar-refractivity contribution in [1.29, 1.82) is 0 Å². The second kappa shape index (κ2) is 5.29. The molecule has 1 aromatic carbocycles. The normalized spacial score (nSPS) is 15.9. The lowest BCUT2D eigenvalue weighted by atomic mass is 10.1. The highest BCUT2D eigenvalue weighted by atomic mass is 16.3. The van der Waals surface area contributed by atoms with E-state index < -0.39 is 0 Å². The average Bonchev–Trinajstić information content (AvgIpc) is 2.41. The molecule has 1 aromatic rings. The molecule has 1 fully saturated rings. The second-order valence-corrected chi connectivity index (χ2v) is 4.69. The standard InChI is InChI=1S/C14H20N2O2/c1-3-14(18)16-8-6-15(7-9-16)13-10-12(17)5-4-11(13)2/h4-5,10,17H,3,6-9H2,1-2H3. The molecule has 0 aliphatic carbocycles. The number of rotatable bonds is 2. The molecule has 1 N–H and O–H groups in total. The fourth-order valence-corrected chi connectivity index (χ4v) is 2.36. The SMILES string of the molecule is CCC(=O)N1CCN(c2cc(O)ccc2C)CC1. The van der Waals surface area contributed by atoms with Gasteiger partial charge in [0.2, 0.25) is 5.91 Å². The predicted octanol–water partition coefficient (Wildman–Crippen LogP) is 1.76. The molecule has 4 heteroatoms. The lowest BCUT2D eigenvalue weighted by Crippen LogP contribution is -2.48. The summed E-state index contributed by atoms with van der Waals surface area (Å²) in [5.41, 5.74) is 2.22. The molecule has 0 saturated carbocycles. The van der Waals surface area contributed by atoms with E-state index in [4.69, 9.17) is 0 Å². The number of amides is 1. The summed E-state index contributed by atoms with van der Waals surface area (Å²) in [4.78, 5) is 15.7. The smallest absolute Gasteiger partial charge is 0.222 e. The first-order chi connectivity index (χ1) is 8.61. The molecule has 0 bridgehead atoms. The number of hydrogen-bond donors (Lipinski definition) is 1. The van der Waals surface area contributed by atoms with Crippen molar-refractivity contribution in [3.63, 3.8) is 0 Å². The molecule has 0 atom stereocenters. The van der Waals surface area contributed by atoms with Gasteiger partial charge >= 0.3 is 0 Å². The van der Waals surface area contributed by atoms with E-state index in [1.807, 2.05) is 24.8 Å². The minimum Gasteiger partial charge on any atom is -0.508 e. The van der Waals surface area contributed by atoms with E-state index in [1.165, 1.54) is 0 Å². The minimum absolute atomic E-state index is 0.224. The Balaban J connectivity index is 2.05. The molecule has 0 spiro atoms. The quantitative estimate of drug-likeness (QED) is 0.867. The summed E-state index contributed by atoms with van der Waals surface area (Å²) in [6, 6.07) is 5.43. The van der Waals surface area contributed by atoms with Crippen LogP contribution < -0.4 is 4.90 Å². The van der Waals surface area contributed by atoms with Crippen molar-refractivity contribution in [3.8, 4) is 5.75 Å². The number of phenolic OH excluding ortho intramolecular Hbond substituents is 1. The molecule has 1 saturated heterocycles. The summed E-state index contributed by atoms with van der Waals surface area (Å²) in [5.74, 6) is 0.518. The molecular weight excluding hydrogens is 228 g/mol. The van der Waals surface area contributed by atoms with E-state index in [2.05, 4.69) is 4.90 Å². The Bertz CT molecular complexity index is 437. The van der Waals surface area contributed by atoms with Crippen LogP contribution in [0.15, 0.2) is 18.2 Å². The maximum atomic E-state index is 11.6. The van der Waals surface area contributed by atoms with Crippen molar-refractivity contribution in [2.24, 2.45) is 0 Å². The van der Waals surface area contributed by atoms with Gasteiger partial charge in [-0.3, -0.25) is 4.79 Å². The third-order valence-corrected chi connectivity index (χ3v) is 3.47. The number of carbonyl (C=O) groups excluding carboxylic acids is 1. The van der Waals surface area contributed by atoms with Crippen molar-refractivity contribution in [2.75, 3.05) is 31.1 Å². The maximum absolute atomic E-state index is 11.6. The number of carbonyl (C=O) groups is 1. The number of hydrogen-bond acceptors (Lipinski definition) is 3. The first-order valence-electron chi connectivity index (χ1n) is 6.44. The average molecular weight is 248 g/mol. The van der Waals surface area contributed by atoms with E-state index in [1.54, 1.807) is 12.1 Å². The van der Waals surface area contributed by atoms with Crippen LogP contribution in [-0.2, 0) is 4.79 Å². The number of anilines is 1. The third-order valence-electron chi connectivity index (χ3n) is 3.47. The zero-order chi connectivity index (χ0) is 13.1. The van der Waals surface area contributed by atoms with Crippen LogP contribution in [0.1, 0.15) is 18.9 Å². The van der Waals surface area contributed by atoms with E-state index in [-0.39, 0.29) is 5.91 Å². The number of benzene rings is 1. The van der Waals surface area contributed by atoms with Crippen LogP contribution in [0.25, 0.3) is 0 Å². The Kier molecular flexibility index (Phi) is 3.75. The van der Waals surface area contributed by atoms with Gasteiger partial charge in [0.05, 0.1) is 0 Å². The van der Waals surface area contributed by atoms with Crippen LogP contribution in [0, 0.1) is 6.92 Å². The van der Waals surface area contributed by atoms with Crippen molar-refractivity contribution < 1.29 is 9.90 Å². The molecule has 2 rings (SSSR count). The van der Waals surface area contributed by atoms with Crippen molar-refractivity contribution in [1.82, 2.24) is 4.90 Å². The number of aryl methyl sites for hydroxylation is 1. The molecule has 1 amide bonds. The van der Waals surface area contributed by atoms with Gasteiger partial charge in [0, 0.05) is 44.4 Å². The largest absolute Gasteiger partial charge is 0.508 e. The van der Waals surface area contributed by atoms with Crippen LogP contribution in [0.4, 0.5) is 5.69 Å². The third kappa shape index (κ3) is 2.58. The van der Waals surface area contributed by atoms with Gasteiger partial charge in [-0.1, -0.05) is 13.0 Å². The van der Waals surface area contributed by atoms with E-state index in [0.717, 1.165) is 37.4 Å². The topological polar surface area (TPSA) is 43.8 Å². The first kappa shape index (κ1) is 12.7. The van der Waals surface area contributed by atoms with Gasteiger partial charge in [-0.25, -0.2) is 0 Å². The fourth-order valence-electron chi connectivity index (χ4n) is 2.36. The Morgan fingerprint density at radius 3 is 2.56 bits per heavy atom. The molecule has 0 unspecified atom stereocenters. The van der Waals surface area contributed by atoms with Crippen LogP contribution in [0.2, 0.25) is 0 Å². The summed E-state index contributed by atoms with van der Waals surface area (Å²) in [6.07, 6.45) is 0.575. The summed E-state index contributed by atoms with van der Waals surface area (Å²) < 4.78 is 0. The van der Waals surface area contributed by atoms with E-state index >= 15 is 0 Å². The molecule has 18 heavy (non-hydrogen) atoms. The molecule has 0 radical (unpaired) electrons. The number of nitrogens with zero attached hydrogens (tertiary/aromatic N) is 2. The Labute approximate surface area is 108 Å². The van der Waals surface area contributed by atoms with Gasteiger partial charge in [-0.15, -0.1) is 0 Å². The monoisotopic (exact) mass is 248 g/mol. The summed E-state index contributed by atoms with van der Waals surface area (Å²) in [7, 11) is 0. The Hall–Kier alpha value is -1.71. The number of aromatic hydroxyl groups is 1. The number of phenols is 1. The maximum Gasteiger partial charge on any atom is 0.222 e. The van der Waals surface area contributed by atoms with Crippen molar-refractivity contribution in [3.05, 3.63) is 23.8 Å². The summed E-state index contributed by atoms with van der Waals surface area (Å²) >= 11 is 0. The molecular formula is C14H20N2O2. The molecule has 1 aliphatic rings. The van der Waals surface area contributed by atoms with Gasteiger partial charge in [-0.2, -0.15) is 0 Å². The summed E-state index contributed by atoms with van der Waals surface area (Å²) in [5, 5.41) is 9.56. The van der Waals surface area contributed by atoms with E-state index in [9.17, 15) is 9.90 Å². The first-order valence-corrected chi connectivity index (χ1v) is 6.44. The highest BCUT2D eigenvalue weighted by Gasteiger charge is 2.21. The van der Waals surface area contributed by atoms with Crippen LogP contribution >= 0.6 is 0 Å². The molecule has 0 aromatic heterocycles. The summed E-state index contributed by atoms with van der Waals surface area (Å²) in [6.45, 7) is 7.13. The van der Waals surface area contributed by atoms with E-state index in [0.29, 0.717) is 12.2 Å². The minimum atomic E-state index is 0.224. The highest BCUT2D eigenvalue weighted by molar-refractivity contribution is 5.76. The highest BCUT2D eigenvalue weighted by Crippen LogP contribution is 2.25. The molecule has 1 heterocycles. The zero-order valence-corrected chi connectivity index (χ0v) is 11.0. The van der Waals surface area contributed by atoms with Crippen LogP contribution in [0.3, 0.4) is 0 Å². The second-order valence-electron chi connectivity index (χ2n) is 4.69. The molecule has 4 nitrogen and oxygen atoms in total. The van der Waals surface area contributed by atoms with Gasteiger partial charge < -0.3 is 14.9 Å². The lowest BCUT2D eigenvalue weighted by molar-refractivity contribution is -0.131. The fraction of sp³-hybridized carbons (Fsp3) is 0.500. The van der Waals surface area contributed by atoms with Crippen LogP contribution in [0.5, 0.6) is 5.75 Å². The predicted molar refractivity (Wildman–Crippen MR) is 71.9 cm³/mol. The Morgan fingerprint density at radius 2 is 1.94 bits per heavy atom. The molecule has 98 valence electrons. The van der Waals surface area contributed by atoms with Gasteiger partial charge in [-0.05, 0) is 18.6 Å². The zero-order valence-electron chi connectivity index (χ0n) is 11.0. The van der Waals surface area contributed by atoms with Crippen molar-refractivity contribution >= 4 is 11.6 Å². The van der Waals surface area contributed by atoms with Crippen LogP contribution in [-0.4, -0.2) is 42.1 Å².